The Balaban J connectivity index is 2.50. The van der Waals surface area contributed by atoms with Crippen LogP contribution < -0.4 is 0 Å². The lowest BCUT2D eigenvalue weighted by molar-refractivity contribution is -0.147. The van der Waals surface area contributed by atoms with Gasteiger partial charge in [-0.25, -0.2) is 4.79 Å². The first kappa shape index (κ1) is 22.0. The molecular weight excluding hydrogens is 338 g/mol. The lowest BCUT2D eigenvalue weighted by Gasteiger charge is -2.42. The molecule has 0 spiro atoms. The third-order valence-corrected chi connectivity index (χ3v) is 9.68. The molecule has 0 aromatic rings. The van der Waals surface area contributed by atoms with Crippen molar-refractivity contribution in [2.75, 3.05) is 19.7 Å². The van der Waals surface area contributed by atoms with E-state index in [1.807, 2.05) is 20.8 Å². The number of rotatable bonds is 6. The van der Waals surface area contributed by atoms with Crippen LogP contribution in [0.5, 0.6) is 0 Å². The van der Waals surface area contributed by atoms with Crippen molar-refractivity contribution >= 4 is 20.4 Å². The standard InChI is InChI=1S/C18H35NO5Si/c1-17(2,3)24-16(22)19-11-13(12-19)14(15(20)21)9-10-23-25(7,8)18(4,5)6/h13-14H,9-12H2,1-8H3,(H,20,21). The Kier molecular flexibility index (Phi) is 6.73. The van der Waals surface area contributed by atoms with Gasteiger partial charge in [-0.2, -0.15) is 0 Å². The van der Waals surface area contributed by atoms with E-state index in [1.165, 1.54) is 0 Å². The van der Waals surface area contributed by atoms with E-state index in [4.69, 9.17) is 9.16 Å². The third kappa shape index (κ3) is 6.29. The fourth-order valence-electron chi connectivity index (χ4n) is 2.46. The summed E-state index contributed by atoms with van der Waals surface area (Å²) in [7, 11) is -1.87. The number of likely N-dealkylation sites (tertiary alicyclic amines) is 1. The number of amides is 1. The van der Waals surface area contributed by atoms with Crippen molar-refractivity contribution < 1.29 is 23.9 Å². The Morgan fingerprint density at radius 2 is 1.68 bits per heavy atom. The molecule has 1 aliphatic heterocycles. The van der Waals surface area contributed by atoms with Gasteiger partial charge in [-0.3, -0.25) is 4.79 Å². The number of carbonyl (C=O) groups excluding carboxylic acids is 1. The maximum atomic E-state index is 12.0. The molecule has 6 nitrogen and oxygen atoms in total. The van der Waals surface area contributed by atoms with Crippen molar-refractivity contribution in [2.24, 2.45) is 11.8 Å². The van der Waals surface area contributed by atoms with Crippen LogP contribution in [0.1, 0.15) is 48.0 Å². The van der Waals surface area contributed by atoms with Crippen LogP contribution >= 0.6 is 0 Å². The topological polar surface area (TPSA) is 76.1 Å². The van der Waals surface area contributed by atoms with Gasteiger partial charge in [-0.15, -0.1) is 0 Å². The summed E-state index contributed by atoms with van der Waals surface area (Å²) in [5.41, 5.74) is -0.536. The molecule has 1 amide bonds. The molecule has 7 heteroatoms. The minimum absolute atomic E-state index is 0.0342. The van der Waals surface area contributed by atoms with Crippen LogP contribution in [-0.2, 0) is 14.0 Å². The van der Waals surface area contributed by atoms with Crippen LogP contribution in [0.15, 0.2) is 0 Å². The zero-order valence-electron chi connectivity index (χ0n) is 17.0. The first-order chi connectivity index (χ1) is 11.1. The average molecular weight is 374 g/mol. The summed E-state index contributed by atoms with van der Waals surface area (Å²) in [5, 5.41) is 9.64. The second kappa shape index (κ2) is 7.66. The van der Waals surface area contributed by atoms with Crippen LogP contribution in [0.3, 0.4) is 0 Å². The average Bonchev–Trinajstić information content (AvgIpc) is 2.30. The molecule has 1 atom stereocenters. The molecule has 25 heavy (non-hydrogen) atoms. The van der Waals surface area contributed by atoms with E-state index in [1.54, 1.807) is 4.90 Å². The number of aliphatic carboxylic acids is 1. The highest BCUT2D eigenvalue weighted by Gasteiger charge is 2.42. The number of carboxylic acid groups (broad SMARTS) is 1. The Labute approximate surface area is 153 Å². The highest BCUT2D eigenvalue weighted by molar-refractivity contribution is 6.74. The van der Waals surface area contributed by atoms with Crippen molar-refractivity contribution in [3.63, 3.8) is 0 Å². The van der Waals surface area contributed by atoms with Gasteiger partial charge in [0, 0.05) is 25.6 Å². The number of nitrogens with zero attached hydrogens (tertiary/aromatic N) is 1. The fourth-order valence-corrected chi connectivity index (χ4v) is 3.52. The zero-order chi connectivity index (χ0) is 19.6. The maximum Gasteiger partial charge on any atom is 0.410 e. The minimum Gasteiger partial charge on any atom is -0.481 e. The summed E-state index contributed by atoms with van der Waals surface area (Å²) >= 11 is 0. The SMILES string of the molecule is CC(C)(C)OC(=O)N1CC(C(CCO[Si](C)(C)C(C)(C)C)C(=O)O)C1. The highest BCUT2D eigenvalue weighted by Crippen LogP contribution is 2.37. The molecular formula is C18H35NO5Si. The van der Waals surface area contributed by atoms with E-state index in [0.29, 0.717) is 26.1 Å². The van der Waals surface area contributed by atoms with Gasteiger partial charge in [-0.1, -0.05) is 20.8 Å². The minimum atomic E-state index is -1.87. The van der Waals surface area contributed by atoms with Crippen LogP contribution in [-0.4, -0.2) is 55.7 Å². The predicted molar refractivity (Wildman–Crippen MR) is 100 cm³/mol. The number of carbonyl (C=O) groups is 2. The van der Waals surface area contributed by atoms with E-state index < -0.39 is 25.8 Å². The van der Waals surface area contributed by atoms with Crippen LogP contribution in [0, 0.1) is 11.8 Å². The first-order valence-electron chi connectivity index (χ1n) is 8.99. The van der Waals surface area contributed by atoms with E-state index in [-0.39, 0.29) is 17.0 Å². The van der Waals surface area contributed by atoms with Crippen molar-refractivity contribution in [1.29, 1.82) is 0 Å². The van der Waals surface area contributed by atoms with Crippen molar-refractivity contribution in [2.45, 2.75) is 71.7 Å². The molecule has 146 valence electrons. The first-order valence-corrected chi connectivity index (χ1v) is 11.9. The van der Waals surface area contributed by atoms with Gasteiger partial charge in [0.25, 0.3) is 0 Å². The summed E-state index contributed by atoms with van der Waals surface area (Å²) in [6.07, 6.45) is 0.111. The molecule has 0 aliphatic carbocycles. The molecule has 1 aliphatic rings. The van der Waals surface area contributed by atoms with Crippen LogP contribution in [0.2, 0.25) is 18.1 Å². The number of hydrogen-bond donors (Lipinski definition) is 1. The molecule has 1 unspecified atom stereocenters. The molecule has 0 saturated carbocycles. The summed E-state index contributed by atoms with van der Waals surface area (Å²) < 4.78 is 11.4. The smallest absolute Gasteiger partial charge is 0.410 e. The molecule has 1 fully saturated rings. The van der Waals surface area contributed by atoms with Gasteiger partial charge in [0.15, 0.2) is 8.32 Å². The summed E-state index contributed by atoms with van der Waals surface area (Å²) in [6, 6.07) is 0. The predicted octanol–water partition coefficient (Wildman–Crippen LogP) is 3.97. The third-order valence-electron chi connectivity index (χ3n) is 5.15. The van der Waals surface area contributed by atoms with Gasteiger partial charge in [0.05, 0.1) is 5.92 Å². The number of ether oxygens (including phenoxy) is 1. The normalized spacial score (nSPS) is 17.8. The van der Waals surface area contributed by atoms with E-state index in [9.17, 15) is 14.7 Å². The molecule has 0 aromatic heterocycles. The molecule has 1 heterocycles. The van der Waals surface area contributed by atoms with Gasteiger partial charge in [0.1, 0.15) is 5.60 Å². The van der Waals surface area contributed by atoms with Gasteiger partial charge < -0.3 is 19.2 Å². The largest absolute Gasteiger partial charge is 0.481 e. The zero-order valence-corrected chi connectivity index (χ0v) is 18.0. The Morgan fingerprint density at radius 3 is 2.08 bits per heavy atom. The van der Waals surface area contributed by atoms with E-state index in [2.05, 4.69) is 33.9 Å². The molecule has 0 aromatic carbocycles. The summed E-state index contributed by atoms with van der Waals surface area (Å²) in [4.78, 5) is 25.2. The molecule has 1 N–H and O–H groups in total. The molecule has 1 rings (SSSR count). The van der Waals surface area contributed by atoms with E-state index >= 15 is 0 Å². The molecule has 0 bridgehead atoms. The Morgan fingerprint density at radius 1 is 1.16 bits per heavy atom. The maximum absolute atomic E-state index is 12.0. The molecule has 0 radical (unpaired) electrons. The number of hydrogen-bond acceptors (Lipinski definition) is 4. The second-order valence-electron chi connectivity index (χ2n) is 9.49. The molecule has 1 saturated heterocycles. The van der Waals surface area contributed by atoms with Gasteiger partial charge >= 0.3 is 12.1 Å². The van der Waals surface area contributed by atoms with Crippen molar-refractivity contribution in [3.8, 4) is 0 Å². The lowest BCUT2D eigenvalue weighted by Crippen LogP contribution is -2.55. The Bertz CT molecular complexity index is 487. The van der Waals surface area contributed by atoms with Crippen LogP contribution in [0.4, 0.5) is 4.79 Å². The van der Waals surface area contributed by atoms with Crippen molar-refractivity contribution in [1.82, 2.24) is 4.90 Å². The fraction of sp³-hybridized carbons (Fsp3) is 0.889. The van der Waals surface area contributed by atoms with Gasteiger partial charge in [0.2, 0.25) is 0 Å². The summed E-state index contributed by atoms with van der Waals surface area (Å²) in [5.74, 6) is -1.33. The second-order valence-corrected chi connectivity index (χ2v) is 14.3. The van der Waals surface area contributed by atoms with E-state index in [0.717, 1.165) is 0 Å². The van der Waals surface area contributed by atoms with Crippen molar-refractivity contribution in [3.05, 3.63) is 0 Å². The Hall–Kier alpha value is -1.08. The number of carboxylic acids is 1. The lowest BCUT2D eigenvalue weighted by atomic mass is 9.84. The van der Waals surface area contributed by atoms with Gasteiger partial charge in [-0.05, 0) is 45.3 Å². The van der Waals surface area contributed by atoms with Crippen LogP contribution in [0.25, 0.3) is 0 Å². The monoisotopic (exact) mass is 373 g/mol. The summed E-state index contributed by atoms with van der Waals surface area (Å²) in [6.45, 7) is 17.6. The quantitative estimate of drug-likeness (QED) is 0.713. The highest BCUT2D eigenvalue weighted by atomic mass is 28.4.